The summed E-state index contributed by atoms with van der Waals surface area (Å²) < 4.78 is 0. The van der Waals surface area contributed by atoms with Crippen LogP contribution in [0.5, 0.6) is 0 Å². The summed E-state index contributed by atoms with van der Waals surface area (Å²) in [5, 5.41) is 20.8. The number of carboxylic acids is 1. The second-order valence-electron chi connectivity index (χ2n) is 5.34. The second kappa shape index (κ2) is 7.46. The fourth-order valence-electron chi connectivity index (χ4n) is 2.60. The number of carbonyl (C=O) groups is 3. The highest BCUT2D eigenvalue weighted by Gasteiger charge is 2.54. The van der Waals surface area contributed by atoms with Crippen LogP contribution in [-0.4, -0.2) is 67.4 Å². The fraction of sp³-hybridized carbons (Fsp3) is 0.333. The Hall–Kier alpha value is -2.04. The molecule has 0 aliphatic carbocycles. The molecule has 3 heterocycles. The zero-order valence-corrected chi connectivity index (χ0v) is 14.5. The van der Waals surface area contributed by atoms with Gasteiger partial charge in [-0.05, 0) is 17.7 Å². The van der Waals surface area contributed by atoms with E-state index in [0.29, 0.717) is 11.3 Å². The summed E-state index contributed by atoms with van der Waals surface area (Å²) in [6.45, 7) is -0.412. The summed E-state index contributed by atoms with van der Waals surface area (Å²) in [4.78, 5) is 41.7. The van der Waals surface area contributed by atoms with Gasteiger partial charge in [-0.3, -0.25) is 19.5 Å². The standard InChI is InChI=1S/C15H15N3O5S2/c19-5-8-6-25-14-11(13(21)18(14)12(8)15(22)23)17-10(20)7-24-9-1-3-16-4-2-9/h1-4,11,14,19H,5-7H2,(H,17,20)(H,22,23)/t11-,14+/m0/s1. The van der Waals surface area contributed by atoms with E-state index < -0.39 is 29.9 Å². The quantitative estimate of drug-likeness (QED) is 0.462. The number of aliphatic carboxylic acids is 1. The van der Waals surface area contributed by atoms with Gasteiger partial charge in [-0.1, -0.05) is 0 Å². The lowest BCUT2D eigenvalue weighted by Gasteiger charge is -2.49. The van der Waals surface area contributed by atoms with Gasteiger partial charge in [0.25, 0.3) is 5.91 Å². The molecule has 25 heavy (non-hydrogen) atoms. The molecular formula is C15H15N3O5S2. The number of aromatic nitrogens is 1. The van der Waals surface area contributed by atoms with Gasteiger partial charge >= 0.3 is 5.97 Å². The number of aliphatic hydroxyl groups excluding tert-OH is 1. The van der Waals surface area contributed by atoms with Crippen LogP contribution in [0.3, 0.4) is 0 Å². The predicted octanol–water partition coefficient (Wildman–Crippen LogP) is -0.0954. The number of nitrogens with one attached hydrogen (secondary N) is 1. The van der Waals surface area contributed by atoms with Gasteiger partial charge in [0.15, 0.2) is 0 Å². The van der Waals surface area contributed by atoms with Crippen molar-refractivity contribution in [3.05, 3.63) is 35.8 Å². The third-order valence-corrected chi connectivity index (χ3v) is 6.13. The lowest BCUT2D eigenvalue weighted by Crippen LogP contribution is -2.70. The average Bonchev–Trinajstić information content (AvgIpc) is 2.63. The molecule has 2 aliphatic heterocycles. The maximum Gasteiger partial charge on any atom is 0.352 e. The van der Waals surface area contributed by atoms with E-state index in [1.54, 1.807) is 24.5 Å². The Morgan fingerprint density at radius 1 is 1.40 bits per heavy atom. The molecule has 1 saturated heterocycles. The van der Waals surface area contributed by atoms with Crippen LogP contribution < -0.4 is 5.32 Å². The van der Waals surface area contributed by atoms with E-state index in [9.17, 15) is 24.6 Å². The molecule has 1 fully saturated rings. The molecule has 1 aromatic rings. The first-order valence-electron chi connectivity index (χ1n) is 7.36. The van der Waals surface area contributed by atoms with Crippen molar-refractivity contribution < 1.29 is 24.6 Å². The Kier molecular flexibility index (Phi) is 5.30. The molecule has 2 amide bonds. The van der Waals surface area contributed by atoms with E-state index in [-0.39, 0.29) is 17.4 Å². The van der Waals surface area contributed by atoms with Gasteiger partial charge in [-0.15, -0.1) is 23.5 Å². The van der Waals surface area contributed by atoms with Crippen LogP contribution in [0.15, 0.2) is 40.7 Å². The van der Waals surface area contributed by atoms with Crippen LogP contribution >= 0.6 is 23.5 Å². The van der Waals surface area contributed by atoms with Crippen LogP contribution in [0.2, 0.25) is 0 Å². The number of thioether (sulfide) groups is 2. The van der Waals surface area contributed by atoms with Gasteiger partial charge in [0, 0.05) is 23.0 Å². The molecule has 0 unspecified atom stereocenters. The van der Waals surface area contributed by atoms with E-state index >= 15 is 0 Å². The Labute approximate surface area is 151 Å². The van der Waals surface area contributed by atoms with Crippen molar-refractivity contribution in [3.63, 3.8) is 0 Å². The molecule has 0 spiro atoms. The van der Waals surface area contributed by atoms with Crippen molar-refractivity contribution in [1.29, 1.82) is 0 Å². The van der Waals surface area contributed by atoms with E-state index in [1.165, 1.54) is 23.5 Å². The van der Waals surface area contributed by atoms with Crippen LogP contribution in [0, 0.1) is 0 Å². The third-order valence-electron chi connectivity index (χ3n) is 3.78. The molecule has 2 aliphatic rings. The van der Waals surface area contributed by atoms with Crippen LogP contribution in [-0.2, 0) is 14.4 Å². The van der Waals surface area contributed by atoms with Crippen LogP contribution in [0.25, 0.3) is 0 Å². The molecule has 3 N–H and O–H groups in total. The Balaban J connectivity index is 1.61. The van der Waals surface area contributed by atoms with Gasteiger partial charge in [-0.2, -0.15) is 0 Å². The number of carbonyl (C=O) groups excluding carboxylic acids is 2. The first kappa shape index (κ1) is 17.8. The van der Waals surface area contributed by atoms with E-state index in [2.05, 4.69) is 10.3 Å². The summed E-state index contributed by atoms with van der Waals surface area (Å²) in [5.74, 6) is -1.56. The molecule has 3 rings (SSSR count). The van der Waals surface area contributed by atoms with Crippen LogP contribution in [0.1, 0.15) is 0 Å². The number of hydrogen-bond acceptors (Lipinski definition) is 7. The average molecular weight is 381 g/mol. The maximum atomic E-state index is 12.3. The molecular weight excluding hydrogens is 366 g/mol. The normalized spacial score (nSPS) is 22.3. The molecule has 0 aromatic carbocycles. The number of β-lactam (4-membered cyclic amide) rings is 1. The Bertz CT molecular complexity index is 740. The number of nitrogens with zero attached hydrogens (tertiary/aromatic N) is 2. The first-order chi connectivity index (χ1) is 12.0. The number of pyridine rings is 1. The van der Waals surface area contributed by atoms with Gasteiger partial charge in [0.1, 0.15) is 17.1 Å². The molecule has 0 saturated carbocycles. The van der Waals surface area contributed by atoms with Crippen LogP contribution in [0.4, 0.5) is 0 Å². The van der Waals surface area contributed by atoms with Gasteiger partial charge in [-0.25, -0.2) is 4.79 Å². The molecule has 0 radical (unpaired) electrons. The first-order valence-corrected chi connectivity index (χ1v) is 9.39. The topological polar surface area (TPSA) is 120 Å². The highest BCUT2D eigenvalue weighted by atomic mass is 32.2. The van der Waals surface area contributed by atoms with Crippen molar-refractivity contribution in [2.24, 2.45) is 0 Å². The summed E-state index contributed by atoms with van der Waals surface area (Å²) in [6.07, 6.45) is 3.26. The summed E-state index contributed by atoms with van der Waals surface area (Å²) in [6, 6.07) is 2.82. The van der Waals surface area contributed by atoms with Gasteiger partial charge in [0.05, 0.1) is 12.4 Å². The summed E-state index contributed by atoms with van der Waals surface area (Å²) in [7, 11) is 0. The minimum Gasteiger partial charge on any atom is -0.477 e. The highest BCUT2D eigenvalue weighted by Crippen LogP contribution is 2.40. The number of rotatable bonds is 6. The number of carboxylic acid groups (broad SMARTS) is 1. The number of amides is 2. The van der Waals surface area contributed by atoms with Crippen molar-refractivity contribution in [1.82, 2.24) is 15.2 Å². The predicted molar refractivity (Wildman–Crippen MR) is 91.7 cm³/mol. The van der Waals surface area contributed by atoms with E-state index in [4.69, 9.17) is 0 Å². The van der Waals surface area contributed by atoms with Crippen molar-refractivity contribution in [3.8, 4) is 0 Å². The molecule has 0 bridgehead atoms. The molecule has 2 atom stereocenters. The smallest absolute Gasteiger partial charge is 0.352 e. The molecule has 132 valence electrons. The molecule has 10 heteroatoms. The largest absolute Gasteiger partial charge is 0.477 e. The Morgan fingerprint density at radius 3 is 2.76 bits per heavy atom. The van der Waals surface area contributed by atoms with Gasteiger partial charge in [0.2, 0.25) is 5.91 Å². The Morgan fingerprint density at radius 2 is 2.12 bits per heavy atom. The number of fused-ring (bicyclic) bond motifs is 1. The number of aliphatic hydroxyl groups is 1. The van der Waals surface area contributed by atoms with Gasteiger partial charge < -0.3 is 15.5 Å². The minimum atomic E-state index is -1.25. The van der Waals surface area contributed by atoms with E-state index in [0.717, 1.165) is 9.80 Å². The van der Waals surface area contributed by atoms with Crippen molar-refractivity contribution in [2.45, 2.75) is 16.3 Å². The molecule has 8 nitrogen and oxygen atoms in total. The highest BCUT2D eigenvalue weighted by molar-refractivity contribution is 8.00. The number of hydrogen-bond donors (Lipinski definition) is 3. The van der Waals surface area contributed by atoms with E-state index in [1.807, 2.05) is 0 Å². The molecule has 1 aromatic heterocycles. The lowest BCUT2D eigenvalue weighted by molar-refractivity contribution is -0.150. The zero-order chi connectivity index (χ0) is 18.0. The summed E-state index contributed by atoms with van der Waals surface area (Å²) in [5.41, 5.74) is 0.132. The van der Waals surface area contributed by atoms with Crippen molar-refractivity contribution in [2.75, 3.05) is 18.1 Å². The summed E-state index contributed by atoms with van der Waals surface area (Å²) >= 11 is 2.65. The SMILES string of the molecule is O=C(CSc1ccncc1)N[C@H]1C(=O)N2C(C(=O)O)=C(CO)CS[C@H]12. The van der Waals surface area contributed by atoms with Crippen molar-refractivity contribution >= 4 is 41.3 Å². The minimum absolute atomic E-state index is 0.148. The fourth-order valence-corrected chi connectivity index (χ4v) is 4.63. The second-order valence-corrected chi connectivity index (χ2v) is 7.50. The third kappa shape index (κ3) is 3.51. The lowest BCUT2D eigenvalue weighted by atomic mass is 10.0. The zero-order valence-electron chi connectivity index (χ0n) is 12.9. The monoisotopic (exact) mass is 381 g/mol. The maximum absolute atomic E-state index is 12.3.